The Labute approximate surface area is 91.7 Å². The maximum absolute atomic E-state index is 12.9. The lowest BCUT2D eigenvalue weighted by molar-refractivity contribution is -0.150. The molecule has 0 radical (unpaired) electrons. The average Bonchev–Trinajstić information content (AvgIpc) is 2.13. The topological polar surface area (TPSA) is 37.3 Å². The predicted octanol–water partition coefficient (Wildman–Crippen LogP) is 2.79. The van der Waals surface area contributed by atoms with Gasteiger partial charge in [0.2, 0.25) is 0 Å². The van der Waals surface area contributed by atoms with Crippen molar-refractivity contribution in [1.82, 2.24) is 0 Å². The molecule has 0 unspecified atom stereocenters. The molecular formula is C11H10ClFO2. The summed E-state index contributed by atoms with van der Waals surface area (Å²) in [6, 6.07) is 6.74. The van der Waals surface area contributed by atoms with Crippen molar-refractivity contribution in [1.29, 1.82) is 0 Å². The van der Waals surface area contributed by atoms with Crippen molar-refractivity contribution in [2.24, 2.45) is 0 Å². The molecule has 1 saturated carbocycles. The Bertz CT molecular complexity index is 399. The average molecular weight is 229 g/mol. The second kappa shape index (κ2) is 3.49. The lowest BCUT2D eigenvalue weighted by atomic mass is 9.63. The molecule has 1 aliphatic rings. The zero-order valence-electron chi connectivity index (χ0n) is 7.91. The minimum Gasteiger partial charge on any atom is -0.481 e. The Morgan fingerprint density at radius 2 is 2.07 bits per heavy atom. The number of benzene rings is 1. The number of halogens is 2. The minimum absolute atomic E-state index is 0.0199. The molecule has 1 aliphatic carbocycles. The highest BCUT2D eigenvalue weighted by molar-refractivity contribution is 6.31. The van der Waals surface area contributed by atoms with Crippen LogP contribution in [-0.4, -0.2) is 17.2 Å². The van der Waals surface area contributed by atoms with Crippen molar-refractivity contribution >= 4 is 17.6 Å². The number of carboxylic acid groups (broad SMARTS) is 1. The van der Waals surface area contributed by atoms with Crippen LogP contribution in [0.5, 0.6) is 0 Å². The third-order valence-electron chi connectivity index (χ3n) is 2.94. The van der Waals surface area contributed by atoms with Crippen molar-refractivity contribution < 1.29 is 14.3 Å². The quantitative estimate of drug-likeness (QED) is 0.845. The van der Waals surface area contributed by atoms with Gasteiger partial charge in [0.15, 0.2) is 0 Å². The molecule has 1 N–H and O–H groups in total. The van der Waals surface area contributed by atoms with Crippen LogP contribution in [0.25, 0.3) is 0 Å². The number of aliphatic carboxylic acids is 1. The fraction of sp³-hybridized carbons (Fsp3) is 0.364. The molecule has 0 amide bonds. The van der Waals surface area contributed by atoms with Crippen LogP contribution in [0.15, 0.2) is 24.3 Å². The molecule has 0 bridgehead atoms. The van der Waals surface area contributed by atoms with Gasteiger partial charge in [-0.15, -0.1) is 0 Å². The first-order valence-corrected chi connectivity index (χ1v) is 5.06. The standard InChI is InChI=1S/C11H10ClFO2/c12-9-4-2-1-3-8(9)11(10(14)15)5-7(13)6-11/h1-4,7H,5-6H2,(H,14,15). The van der Waals surface area contributed by atoms with Gasteiger partial charge in [0.1, 0.15) is 6.17 Å². The van der Waals surface area contributed by atoms with E-state index in [1.165, 1.54) is 0 Å². The largest absolute Gasteiger partial charge is 0.481 e. The summed E-state index contributed by atoms with van der Waals surface area (Å²) in [5.41, 5.74) is -0.592. The smallest absolute Gasteiger partial charge is 0.314 e. The number of hydrogen-bond donors (Lipinski definition) is 1. The van der Waals surface area contributed by atoms with E-state index in [0.29, 0.717) is 10.6 Å². The van der Waals surface area contributed by atoms with Crippen LogP contribution in [0.1, 0.15) is 18.4 Å². The number of alkyl halides is 1. The molecule has 0 heterocycles. The van der Waals surface area contributed by atoms with E-state index in [1.807, 2.05) is 0 Å². The predicted molar refractivity (Wildman–Crippen MR) is 54.9 cm³/mol. The second-order valence-electron chi connectivity index (χ2n) is 3.87. The highest BCUT2D eigenvalue weighted by Gasteiger charge is 2.53. The Kier molecular flexibility index (Phi) is 2.43. The zero-order valence-corrected chi connectivity index (χ0v) is 8.67. The van der Waals surface area contributed by atoms with E-state index >= 15 is 0 Å². The monoisotopic (exact) mass is 228 g/mol. The first-order chi connectivity index (χ1) is 7.06. The van der Waals surface area contributed by atoms with E-state index in [0.717, 1.165) is 0 Å². The molecule has 0 aliphatic heterocycles. The second-order valence-corrected chi connectivity index (χ2v) is 4.28. The molecule has 80 valence electrons. The molecule has 0 aromatic heterocycles. The van der Waals surface area contributed by atoms with Gasteiger partial charge in [0, 0.05) is 5.02 Å². The van der Waals surface area contributed by atoms with Crippen molar-refractivity contribution in [2.75, 3.05) is 0 Å². The molecule has 2 nitrogen and oxygen atoms in total. The maximum Gasteiger partial charge on any atom is 0.314 e. The van der Waals surface area contributed by atoms with E-state index in [9.17, 15) is 9.18 Å². The Hall–Kier alpha value is -1.09. The Morgan fingerprint density at radius 3 is 2.53 bits per heavy atom. The summed E-state index contributed by atoms with van der Waals surface area (Å²) in [6.07, 6.45) is -0.990. The third-order valence-corrected chi connectivity index (χ3v) is 3.27. The maximum atomic E-state index is 12.9. The van der Waals surface area contributed by atoms with Crippen LogP contribution in [-0.2, 0) is 10.2 Å². The normalized spacial score (nSPS) is 29.6. The lowest BCUT2D eigenvalue weighted by Gasteiger charge is -2.41. The summed E-state index contributed by atoms with van der Waals surface area (Å²) in [4.78, 5) is 11.2. The number of carbonyl (C=O) groups is 1. The molecule has 1 fully saturated rings. The van der Waals surface area contributed by atoms with Gasteiger partial charge < -0.3 is 5.11 Å². The van der Waals surface area contributed by atoms with Crippen LogP contribution in [0, 0.1) is 0 Å². The van der Waals surface area contributed by atoms with Crippen LogP contribution < -0.4 is 0 Å². The Morgan fingerprint density at radius 1 is 1.47 bits per heavy atom. The molecule has 2 rings (SSSR count). The number of hydrogen-bond acceptors (Lipinski definition) is 1. The summed E-state index contributed by atoms with van der Waals surface area (Å²) in [6.45, 7) is 0. The van der Waals surface area contributed by atoms with E-state index in [-0.39, 0.29) is 12.8 Å². The highest BCUT2D eigenvalue weighted by atomic mass is 35.5. The molecule has 0 atom stereocenters. The van der Waals surface area contributed by atoms with Crippen LogP contribution >= 0.6 is 11.6 Å². The fourth-order valence-corrected chi connectivity index (χ4v) is 2.37. The highest BCUT2D eigenvalue weighted by Crippen LogP contribution is 2.47. The third kappa shape index (κ3) is 1.51. The first-order valence-electron chi connectivity index (χ1n) is 4.69. The number of rotatable bonds is 2. The zero-order chi connectivity index (χ0) is 11.1. The molecule has 1 aromatic rings. The van der Waals surface area contributed by atoms with Gasteiger partial charge in [-0.1, -0.05) is 29.8 Å². The van der Waals surface area contributed by atoms with Gasteiger partial charge in [-0.2, -0.15) is 0 Å². The Balaban J connectivity index is 2.43. The van der Waals surface area contributed by atoms with E-state index in [2.05, 4.69) is 0 Å². The van der Waals surface area contributed by atoms with Crippen LogP contribution in [0.3, 0.4) is 0 Å². The summed E-state index contributed by atoms with van der Waals surface area (Å²) in [5, 5.41) is 9.55. The van der Waals surface area contributed by atoms with Crippen LogP contribution in [0.2, 0.25) is 5.02 Å². The fourth-order valence-electron chi connectivity index (χ4n) is 2.06. The lowest BCUT2D eigenvalue weighted by Crippen LogP contribution is -2.49. The van der Waals surface area contributed by atoms with E-state index in [1.54, 1.807) is 24.3 Å². The van der Waals surface area contributed by atoms with E-state index < -0.39 is 17.6 Å². The van der Waals surface area contributed by atoms with Crippen molar-refractivity contribution in [3.63, 3.8) is 0 Å². The summed E-state index contributed by atoms with van der Waals surface area (Å²) in [7, 11) is 0. The van der Waals surface area contributed by atoms with Crippen molar-refractivity contribution in [2.45, 2.75) is 24.4 Å². The van der Waals surface area contributed by atoms with Gasteiger partial charge in [-0.3, -0.25) is 4.79 Å². The molecule has 4 heteroatoms. The molecular weight excluding hydrogens is 219 g/mol. The summed E-state index contributed by atoms with van der Waals surface area (Å²) < 4.78 is 12.9. The first kappa shape index (κ1) is 10.4. The summed E-state index contributed by atoms with van der Waals surface area (Å²) in [5.74, 6) is -0.996. The van der Waals surface area contributed by atoms with Gasteiger partial charge in [-0.05, 0) is 24.5 Å². The van der Waals surface area contributed by atoms with Crippen molar-refractivity contribution in [3.8, 4) is 0 Å². The summed E-state index contributed by atoms with van der Waals surface area (Å²) >= 11 is 5.93. The van der Waals surface area contributed by atoms with E-state index in [4.69, 9.17) is 16.7 Å². The van der Waals surface area contributed by atoms with Crippen molar-refractivity contribution in [3.05, 3.63) is 34.9 Å². The molecule has 15 heavy (non-hydrogen) atoms. The number of carboxylic acids is 1. The minimum atomic E-state index is -1.11. The molecule has 0 spiro atoms. The molecule has 0 saturated heterocycles. The van der Waals surface area contributed by atoms with Gasteiger partial charge in [0.05, 0.1) is 5.41 Å². The SMILES string of the molecule is O=C(O)C1(c2ccccc2Cl)CC(F)C1. The molecule has 1 aromatic carbocycles. The van der Waals surface area contributed by atoms with Gasteiger partial charge in [0.25, 0.3) is 0 Å². The van der Waals surface area contributed by atoms with Gasteiger partial charge >= 0.3 is 5.97 Å². The van der Waals surface area contributed by atoms with Crippen LogP contribution in [0.4, 0.5) is 4.39 Å². The van der Waals surface area contributed by atoms with Gasteiger partial charge in [-0.25, -0.2) is 4.39 Å².